The Morgan fingerprint density at radius 1 is 1.16 bits per heavy atom. The van der Waals surface area contributed by atoms with E-state index in [-0.39, 0.29) is 11.5 Å². The molecule has 0 aromatic heterocycles. The van der Waals surface area contributed by atoms with E-state index in [1.807, 2.05) is 17.9 Å². The third-order valence-electron chi connectivity index (χ3n) is 5.40. The molecule has 0 spiro atoms. The van der Waals surface area contributed by atoms with E-state index in [2.05, 4.69) is 10.6 Å². The second kappa shape index (κ2) is 8.59. The molecule has 2 fully saturated rings. The number of aryl methyl sites for hydroxylation is 1. The molecule has 4 rings (SSSR count). The predicted octanol–water partition coefficient (Wildman–Crippen LogP) is 3.27. The van der Waals surface area contributed by atoms with Gasteiger partial charge in [0.05, 0.1) is 5.69 Å². The van der Waals surface area contributed by atoms with Crippen LogP contribution in [-0.4, -0.2) is 42.4 Å². The normalized spacial score (nSPS) is 17.4. The van der Waals surface area contributed by atoms with Crippen LogP contribution in [0.5, 0.6) is 0 Å². The molecule has 2 aliphatic rings. The maximum Gasteiger partial charge on any atom is 0.329 e. The van der Waals surface area contributed by atoms with E-state index >= 15 is 0 Å². The minimum atomic E-state index is -0.689. The lowest BCUT2D eigenvalue weighted by atomic mass is 10.1. The molecule has 0 unspecified atom stereocenters. The highest BCUT2D eigenvalue weighted by Crippen LogP contribution is 2.28. The molecule has 2 aliphatic heterocycles. The molecule has 0 radical (unpaired) electrons. The van der Waals surface area contributed by atoms with Crippen molar-refractivity contribution in [1.82, 2.24) is 10.2 Å². The number of benzene rings is 2. The molecule has 31 heavy (non-hydrogen) atoms. The van der Waals surface area contributed by atoms with Crippen molar-refractivity contribution in [1.29, 1.82) is 0 Å². The first-order chi connectivity index (χ1) is 14.9. The van der Waals surface area contributed by atoms with Crippen molar-refractivity contribution in [2.45, 2.75) is 19.8 Å². The fraction of sp³-hybridized carbons (Fsp3) is 0.261. The van der Waals surface area contributed by atoms with Crippen LogP contribution in [0.1, 0.15) is 24.0 Å². The molecule has 7 nitrogen and oxygen atoms in total. The number of nitrogens with zero attached hydrogens (tertiary/aromatic N) is 2. The Morgan fingerprint density at radius 2 is 1.87 bits per heavy atom. The Bertz CT molecular complexity index is 1060. The first kappa shape index (κ1) is 20.6. The summed E-state index contributed by atoms with van der Waals surface area (Å²) in [5, 5.41) is 5.11. The summed E-state index contributed by atoms with van der Waals surface area (Å²) >= 11 is 0. The van der Waals surface area contributed by atoms with Gasteiger partial charge in [0.25, 0.3) is 5.91 Å². The quantitative estimate of drug-likeness (QED) is 0.573. The van der Waals surface area contributed by atoms with Crippen molar-refractivity contribution >= 4 is 35.3 Å². The van der Waals surface area contributed by atoms with Crippen molar-refractivity contribution < 1.29 is 18.8 Å². The van der Waals surface area contributed by atoms with Gasteiger partial charge in [0.15, 0.2) is 0 Å². The van der Waals surface area contributed by atoms with Crippen molar-refractivity contribution in [2.75, 3.05) is 29.9 Å². The predicted molar refractivity (Wildman–Crippen MR) is 116 cm³/mol. The van der Waals surface area contributed by atoms with E-state index in [1.165, 1.54) is 12.1 Å². The second-order valence-corrected chi connectivity index (χ2v) is 7.65. The van der Waals surface area contributed by atoms with Crippen LogP contribution in [0.25, 0.3) is 6.08 Å². The number of nitrogens with one attached hydrogen (secondary N) is 2. The van der Waals surface area contributed by atoms with E-state index in [0.29, 0.717) is 16.9 Å². The molecular formula is C23H23FN4O3. The molecule has 160 valence electrons. The number of halogens is 1. The molecule has 2 aromatic rings. The number of urea groups is 1. The fourth-order valence-corrected chi connectivity index (χ4v) is 3.77. The molecule has 0 atom stereocenters. The molecule has 2 aromatic carbocycles. The largest absolute Gasteiger partial charge is 0.369 e. The van der Waals surface area contributed by atoms with Crippen LogP contribution in [0.2, 0.25) is 0 Å². The lowest BCUT2D eigenvalue weighted by Gasteiger charge is -2.19. The van der Waals surface area contributed by atoms with E-state index in [0.717, 1.165) is 36.4 Å². The Balaban J connectivity index is 1.49. The van der Waals surface area contributed by atoms with Gasteiger partial charge < -0.3 is 15.5 Å². The van der Waals surface area contributed by atoms with E-state index < -0.39 is 24.4 Å². The average molecular weight is 422 g/mol. The van der Waals surface area contributed by atoms with Gasteiger partial charge in [-0.1, -0.05) is 18.2 Å². The van der Waals surface area contributed by atoms with Crippen LogP contribution < -0.4 is 15.5 Å². The highest BCUT2D eigenvalue weighted by molar-refractivity contribution is 6.16. The zero-order valence-electron chi connectivity index (χ0n) is 17.2. The summed E-state index contributed by atoms with van der Waals surface area (Å²) < 4.78 is 14.7. The highest BCUT2D eigenvalue weighted by Gasteiger charge is 2.35. The average Bonchev–Trinajstić information content (AvgIpc) is 3.36. The summed E-state index contributed by atoms with van der Waals surface area (Å²) in [5.41, 5.74) is 2.42. The lowest BCUT2D eigenvalue weighted by molar-refractivity contribution is -0.127. The maximum atomic E-state index is 14.7. The van der Waals surface area contributed by atoms with Gasteiger partial charge in [-0.2, -0.15) is 0 Å². The van der Waals surface area contributed by atoms with Gasteiger partial charge in [-0.15, -0.1) is 0 Å². The van der Waals surface area contributed by atoms with Gasteiger partial charge in [0.1, 0.15) is 18.1 Å². The number of para-hydroxylation sites is 1. The van der Waals surface area contributed by atoms with E-state index in [9.17, 15) is 18.8 Å². The van der Waals surface area contributed by atoms with Gasteiger partial charge in [-0.3, -0.25) is 9.59 Å². The Labute approximate surface area is 179 Å². The molecule has 2 saturated heterocycles. The number of carbonyl (C=O) groups is 3. The van der Waals surface area contributed by atoms with Gasteiger partial charge in [0.2, 0.25) is 5.91 Å². The topological polar surface area (TPSA) is 81.8 Å². The number of amides is 4. The van der Waals surface area contributed by atoms with Crippen molar-refractivity contribution in [2.24, 2.45) is 0 Å². The lowest BCUT2D eigenvalue weighted by Crippen LogP contribution is -2.38. The van der Waals surface area contributed by atoms with Crippen LogP contribution in [0.15, 0.2) is 48.2 Å². The zero-order valence-corrected chi connectivity index (χ0v) is 17.2. The SMILES string of the molecule is Cc1cc(N2CCCC2)c(F)cc1C=C1NC(=O)N(CC(=O)Nc2ccccc2)C1=O. The van der Waals surface area contributed by atoms with Crippen LogP contribution >= 0.6 is 0 Å². The van der Waals surface area contributed by atoms with Crippen LogP contribution in [0, 0.1) is 12.7 Å². The third-order valence-corrected chi connectivity index (χ3v) is 5.40. The Kier molecular flexibility index (Phi) is 5.70. The summed E-state index contributed by atoms with van der Waals surface area (Å²) in [5.74, 6) is -1.49. The Morgan fingerprint density at radius 3 is 2.58 bits per heavy atom. The number of carbonyl (C=O) groups excluding carboxylic acids is 3. The summed E-state index contributed by atoms with van der Waals surface area (Å²) in [7, 11) is 0. The van der Waals surface area contributed by atoms with Crippen LogP contribution in [0.3, 0.4) is 0 Å². The Hall–Kier alpha value is -3.68. The number of anilines is 2. The third kappa shape index (κ3) is 4.42. The summed E-state index contributed by atoms with van der Waals surface area (Å²) in [6.07, 6.45) is 3.53. The van der Waals surface area contributed by atoms with Gasteiger partial charge >= 0.3 is 6.03 Å². The van der Waals surface area contributed by atoms with Gasteiger partial charge in [-0.05, 0) is 61.2 Å². The summed E-state index contributed by atoms with van der Waals surface area (Å²) in [4.78, 5) is 40.0. The van der Waals surface area contributed by atoms with Gasteiger partial charge in [0, 0.05) is 18.8 Å². The minimum absolute atomic E-state index is 0.00827. The molecule has 0 saturated carbocycles. The summed E-state index contributed by atoms with van der Waals surface area (Å²) in [6, 6.07) is 11.2. The molecule has 0 bridgehead atoms. The first-order valence-electron chi connectivity index (χ1n) is 10.2. The van der Waals surface area contributed by atoms with Crippen LogP contribution in [-0.2, 0) is 9.59 Å². The smallest absolute Gasteiger partial charge is 0.329 e. The van der Waals surface area contributed by atoms with Gasteiger partial charge in [-0.25, -0.2) is 14.1 Å². The van der Waals surface area contributed by atoms with Crippen molar-refractivity contribution in [3.8, 4) is 0 Å². The monoisotopic (exact) mass is 422 g/mol. The standard InChI is InChI=1S/C23H23FN4O3/c1-15-11-20(27-9-5-6-10-27)18(24)12-16(15)13-19-22(30)28(23(31)26-19)14-21(29)25-17-7-3-2-4-8-17/h2-4,7-8,11-13H,5-6,9-10,14H2,1H3,(H,25,29)(H,26,31). The molecular weight excluding hydrogens is 399 g/mol. The molecule has 2 heterocycles. The fourth-order valence-electron chi connectivity index (χ4n) is 3.77. The molecule has 4 amide bonds. The van der Waals surface area contributed by atoms with E-state index in [4.69, 9.17) is 0 Å². The molecule has 2 N–H and O–H groups in total. The first-order valence-corrected chi connectivity index (χ1v) is 10.2. The second-order valence-electron chi connectivity index (χ2n) is 7.65. The van der Waals surface area contributed by atoms with E-state index in [1.54, 1.807) is 30.3 Å². The molecule has 8 heteroatoms. The maximum absolute atomic E-state index is 14.7. The number of rotatable bonds is 5. The molecule has 0 aliphatic carbocycles. The minimum Gasteiger partial charge on any atom is -0.369 e. The number of hydrogen-bond acceptors (Lipinski definition) is 4. The highest BCUT2D eigenvalue weighted by atomic mass is 19.1. The summed E-state index contributed by atoms with van der Waals surface area (Å²) in [6.45, 7) is 3.06. The van der Waals surface area contributed by atoms with Crippen molar-refractivity contribution in [3.05, 3.63) is 65.1 Å². The van der Waals surface area contributed by atoms with Crippen LogP contribution in [0.4, 0.5) is 20.6 Å². The number of imide groups is 1. The van der Waals surface area contributed by atoms with Crippen molar-refractivity contribution in [3.63, 3.8) is 0 Å². The number of hydrogen-bond donors (Lipinski definition) is 2. The zero-order chi connectivity index (χ0) is 22.0.